The third-order valence-corrected chi connectivity index (χ3v) is 5.07. The van der Waals surface area contributed by atoms with Gasteiger partial charge in [-0.1, -0.05) is 26.0 Å². The molecule has 1 fully saturated rings. The summed E-state index contributed by atoms with van der Waals surface area (Å²) in [5.74, 6) is 2.44. The second kappa shape index (κ2) is 14.0. The van der Waals surface area contributed by atoms with Crippen LogP contribution in [0.25, 0.3) is 0 Å². The minimum atomic E-state index is 0. The number of hydrogen-bond donors (Lipinski definition) is 1. The molecule has 1 aromatic carbocycles. The number of ether oxygens (including phenoxy) is 2. The van der Waals surface area contributed by atoms with E-state index in [1.165, 1.54) is 5.56 Å². The average molecular weight is 504 g/mol. The highest BCUT2D eigenvalue weighted by Gasteiger charge is 2.18. The number of hydrogen-bond acceptors (Lipinski definition) is 4. The van der Waals surface area contributed by atoms with Crippen molar-refractivity contribution in [3.8, 4) is 5.75 Å². The third kappa shape index (κ3) is 8.53. The molecule has 1 aromatic rings. The molecule has 6 nitrogen and oxygen atoms in total. The van der Waals surface area contributed by atoms with E-state index in [2.05, 4.69) is 53.1 Å². The molecule has 7 heteroatoms. The first-order valence-corrected chi connectivity index (χ1v) is 10.1. The molecule has 1 N–H and O–H groups in total. The van der Waals surface area contributed by atoms with Crippen LogP contribution in [0.3, 0.4) is 0 Å². The van der Waals surface area contributed by atoms with E-state index in [0.717, 1.165) is 70.7 Å². The van der Waals surface area contributed by atoms with Crippen molar-refractivity contribution in [1.29, 1.82) is 0 Å². The van der Waals surface area contributed by atoms with E-state index in [9.17, 15) is 0 Å². The van der Waals surface area contributed by atoms with E-state index >= 15 is 0 Å². The Morgan fingerprint density at radius 3 is 2.54 bits per heavy atom. The van der Waals surface area contributed by atoms with Gasteiger partial charge in [0, 0.05) is 46.3 Å². The molecule has 1 unspecified atom stereocenters. The second-order valence-corrected chi connectivity index (χ2v) is 7.03. The summed E-state index contributed by atoms with van der Waals surface area (Å²) in [4.78, 5) is 8.94. The lowest BCUT2D eigenvalue weighted by atomic mass is 10.1. The summed E-state index contributed by atoms with van der Waals surface area (Å²) in [6, 6.07) is 8.30. The topological polar surface area (TPSA) is 49.3 Å². The summed E-state index contributed by atoms with van der Waals surface area (Å²) in [7, 11) is 3.91. The minimum absolute atomic E-state index is 0. The Morgan fingerprint density at radius 2 is 1.96 bits per heavy atom. The summed E-state index contributed by atoms with van der Waals surface area (Å²) >= 11 is 0. The number of aliphatic imine (C=N–C) groups is 1. The fourth-order valence-electron chi connectivity index (χ4n) is 3.30. The Balaban J connectivity index is 0.00000392. The third-order valence-electron chi connectivity index (χ3n) is 5.07. The van der Waals surface area contributed by atoms with Crippen molar-refractivity contribution in [3.05, 3.63) is 29.8 Å². The van der Waals surface area contributed by atoms with Gasteiger partial charge >= 0.3 is 0 Å². The van der Waals surface area contributed by atoms with Crippen molar-refractivity contribution < 1.29 is 9.47 Å². The van der Waals surface area contributed by atoms with Crippen LogP contribution in [0.1, 0.15) is 25.8 Å². The van der Waals surface area contributed by atoms with Gasteiger partial charge in [-0.05, 0) is 37.2 Å². The standard InChI is InChI=1S/C21H36N4O2.HI/c1-5-25(6-2)12-14-27-20-9-7-18(8-10-20)15-23-21(22-3)24(4)16-19-11-13-26-17-19;/h7-10,19H,5-6,11-17H2,1-4H3,(H,22,23);1H. The molecule has 0 amide bonds. The predicted octanol–water partition coefficient (Wildman–Crippen LogP) is 3.07. The number of benzene rings is 1. The molecule has 0 bridgehead atoms. The van der Waals surface area contributed by atoms with Gasteiger partial charge in [0.05, 0.1) is 6.61 Å². The SMILES string of the molecule is CCN(CC)CCOc1ccc(CNC(=NC)N(C)CC2CCOC2)cc1.I. The number of rotatable bonds is 10. The van der Waals surface area contributed by atoms with Crippen LogP contribution in [0.2, 0.25) is 0 Å². The molecule has 160 valence electrons. The number of nitrogens with zero attached hydrogens (tertiary/aromatic N) is 3. The van der Waals surface area contributed by atoms with Gasteiger partial charge in [-0.2, -0.15) is 0 Å². The lowest BCUT2D eigenvalue weighted by Gasteiger charge is -2.24. The molecule has 28 heavy (non-hydrogen) atoms. The van der Waals surface area contributed by atoms with Crippen LogP contribution < -0.4 is 10.1 Å². The number of nitrogens with one attached hydrogen (secondary N) is 1. The van der Waals surface area contributed by atoms with Gasteiger partial charge in [0.2, 0.25) is 0 Å². The Kier molecular flexibility index (Phi) is 12.5. The number of likely N-dealkylation sites (N-methyl/N-ethyl adjacent to an activating group) is 1. The highest BCUT2D eigenvalue weighted by molar-refractivity contribution is 14.0. The smallest absolute Gasteiger partial charge is 0.193 e. The summed E-state index contributed by atoms with van der Waals surface area (Å²) < 4.78 is 11.3. The Bertz CT molecular complexity index is 558. The molecular formula is C21H37IN4O2. The molecule has 0 radical (unpaired) electrons. The van der Waals surface area contributed by atoms with Gasteiger partial charge in [-0.3, -0.25) is 4.99 Å². The van der Waals surface area contributed by atoms with Gasteiger partial charge in [-0.15, -0.1) is 24.0 Å². The van der Waals surface area contributed by atoms with E-state index in [1.54, 1.807) is 0 Å². The van der Waals surface area contributed by atoms with Crippen molar-refractivity contribution in [1.82, 2.24) is 15.1 Å². The van der Waals surface area contributed by atoms with Crippen LogP contribution in [0.15, 0.2) is 29.3 Å². The van der Waals surface area contributed by atoms with Crippen LogP contribution in [0.5, 0.6) is 5.75 Å². The Labute approximate surface area is 187 Å². The van der Waals surface area contributed by atoms with Gasteiger partial charge in [0.1, 0.15) is 12.4 Å². The molecule has 0 spiro atoms. The first-order chi connectivity index (χ1) is 13.2. The maximum Gasteiger partial charge on any atom is 0.193 e. The maximum absolute atomic E-state index is 5.85. The number of guanidine groups is 1. The van der Waals surface area contributed by atoms with Crippen LogP contribution in [0, 0.1) is 5.92 Å². The first-order valence-electron chi connectivity index (χ1n) is 10.1. The van der Waals surface area contributed by atoms with Crippen LogP contribution in [-0.4, -0.2) is 75.9 Å². The minimum Gasteiger partial charge on any atom is -0.492 e. The van der Waals surface area contributed by atoms with Crippen LogP contribution in [0.4, 0.5) is 0 Å². The average Bonchev–Trinajstić information content (AvgIpc) is 3.20. The Morgan fingerprint density at radius 1 is 1.25 bits per heavy atom. The lowest BCUT2D eigenvalue weighted by molar-refractivity contribution is 0.181. The highest BCUT2D eigenvalue weighted by Crippen LogP contribution is 2.14. The summed E-state index contributed by atoms with van der Waals surface area (Å²) in [6.07, 6.45) is 1.14. The normalized spacial score (nSPS) is 16.8. The molecule has 0 saturated carbocycles. The van der Waals surface area contributed by atoms with Crippen LogP contribution >= 0.6 is 24.0 Å². The van der Waals surface area contributed by atoms with E-state index in [4.69, 9.17) is 9.47 Å². The summed E-state index contributed by atoms with van der Waals surface area (Å²) in [6.45, 7) is 11.6. The van der Waals surface area contributed by atoms with Gasteiger partial charge < -0.3 is 24.6 Å². The van der Waals surface area contributed by atoms with E-state index in [-0.39, 0.29) is 24.0 Å². The molecule has 1 aliphatic rings. The zero-order chi connectivity index (χ0) is 19.5. The van der Waals surface area contributed by atoms with Gasteiger partial charge in [0.15, 0.2) is 5.96 Å². The molecule has 1 heterocycles. The quantitative estimate of drug-likeness (QED) is 0.302. The summed E-state index contributed by atoms with van der Waals surface area (Å²) in [5.41, 5.74) is 1.21. The largest absolute Gasteiger partial charge is 0.492 e. The number of halogens is 1. The molecule has 0 aromatic heterocycles. The lowest BCUT2D eigenvalue weighted by Crippen LogP contribution is -2.41. The Hall–Kier alpha value is -1.06. The fraction of sp³-hybridized carbons (Fsp3) is 0.667. The van der Waals surface area contributed by atoms with Crippen LogP contribution in [-0.2, 0) is 11.3 Å². The molecular weight excluding hydrogens is 467 g/mol. The van der Waals surface area contributed by atoms with Crippen molar-refractivity contribution in [2.24, 2.45) is 10.9 Å². The van der Waals surface area contributed by atoms with Crippen molar-refractivity contribution in [3.63, 3.8) is 0 Å². The molecule has 2 rings (SSSR count). The second-order valence-electron chi connectivity index (χ2n) is 7.03. The zero-order valence-corrected chi connectivity index (χ0v) is 20.1. The fourth-order valence-corrected chi connectivity index (χ4v) is 3.30. The highest BCUT2D eigenvalue weighted by atomic mass is 127. The van der Waals surface area contributed by atoms with Crippen molar-refractivity contribution in [2.75, 3.05) is 60.1 Å². The zero-order valence-electron chi connectivity index (χ0n) is 17.8. The molecule has 1 aliphatic heterocycles. The summed E-state index contributed by atoms with van der Waals surface area (Å²) in [5, 5.41) is 3.44. The monoisotopic (exact) mass is 504 g/mol. The van der Waals surface area contributed by atoms with Gasteiger partial charge in [-0.25, -0.2) is 0 Å². The maximum atomic E-state index is 5.85. The van der Waals surface area contributed by atoms with E-state index in [0.29, 0.717) is 5.92 Å². The van der Waals surface area contributed by atoms with Crippen molar-refractivity contribution in [2.45, 2.75) is 26.8 Å². The molecule has 1 atom stereocenters. The predicted molar refractivity (Wildman–Crippen MR) is 127 cm³/mol. The van der Waals surface area contributed by atoms with Crippen molar-refractivity contribution >= 4 is 29.9 Å². The van der Waals surface area contributed by atoms with Gasteiger partial charge in [0.25, 0.3) is 0 Å². The van der Waals surface area contributed by atoms with E-state index < -0.39 is 0 Å². The molecule has 0 aliphatic carbocycles. The first kappa shape index (κ1) is 25.0. The molecule has 1 saturated heterocycles. The van der Waals surface area contributed by atoms with E-state index in [1.807, 2.05) is 19.2 Å².